The highest BCUT2D eigenvalue weighted by Gasteiger charge is 2.29. The Bertz CT molecular complexity index is 968. The van der Waals surface area contributed by atoms with Gasteiger partial charge in [0.05, 0.1) is 30.3 Å². The fraction of sp³-hybridized carbons (Fsp3) is 0.238. The third-order valence-electron chi connectivity index (χ3n) is 4.54. The number of nitrogens with zero attached hydrogens (tertiary/aromatic N) is 2. The van der Waals surface area contributed by atoms with Crippen LogP contribution in [0.15, 0.2) is 59.9 Å². The third-order valence-corrected chi connectivity index (χ3v) is 5.51. The second-order valence-corrected chi connectivity index (χ2v) is 7.39. The molecule has 1 saturated carbocycles. The smallest absolute Gasteiger partial charge is 0.177 e. The van der Waals surface area contributed by atoms with E-state index in [0.717, 1.165) is 29.3 Å². The largest absolute Gasteiger partial charge is 0.496 e. The molecule has 0 amide bonds. The molecule has 27 heavy (non-hydrogen) atoms. The van der Waals surface area contributed by atoms with Gasteiger partial charge < -0.3 is 9.30 Å². The molecular weight excluding hydrogens is 363 g/mol. The highest BCUT2D eigenvalue weighted by molar-refractivity contribution is 7.99. The lowest BCUT2D eigenvalue weighted by molar-refractivity contribution is 0.101. The molecule has 0 atom stereocenters. The number of imidazole rings is 1. The third kappa shape index (κ3) is 3.76. The summed E-state index contributed by atoms with van der Waals surface area (Å²) in [6.07, 6.45) is 4.11. The van der Waals surface area contributed by atoms with Crippen LogP contribution in [-0.4, -0.2) is 28.2 Å². The fourth-order valence-corrected chi connectivity index (χ4v) is 3.99. The Balaban J connectivity index is 1.56. The van der Waals surface area contributed by atoms with Crippen LogP contribution < -0.4 is 4.74 Å². The van der Waals surface area contributed by atoms with E-state index in [-0.39, 0.29) is 17.1 Å². The van der Waals surface area contributed by atoms with E-state index >= 15 is 0 Å². The Morgan fingerprint density at radius 1 is 1.26 bits per heavy atom. The standard InChI is InChI=1S/C21H19FN2O2S/c1-26-20-10-7-15(22)11-17(20)19(25)13-27-21-23-12-18(24(21)16-8-9-16)14-5-3-2-4-6-14/h2-7,10-12,16H,8-9,13H2,1H3. The van der Waals surface area contributed by atoms with Crippen LogP contribution in [0.2, 0.25) is 0 Å². The number of ether oxygens (including phenoxy) is 1. The summed E-state index contributed by atoms with van der Waals surface area (Å²) >= 11 is 1.38. The van der Waals surface area contributed by atoms with Gasteiger partial charge in [0.25, 0.3) is 0 Å². The number of carbonyl (C=O) groups excluding carboxylic acids is 1. The average Bonchev–Trinajstić information content (AvgIpc) is 3.45. The maximum atomic E-state index is 13.5. The molecule has 0 saturated heterocycles. The first-order valence-electron chi connectivity index (χ1n) is 8.79. The average molecular weight is 382 g/mol. The van der Waals surface area contributed by atoms with Gasteiger partial charge in [0.15, 0.2) is 10.9 Å². The molecule has 0 spiro atoms. The maximum Gasteiger partial charge on any atom is 0.177 e. The van der Waals surface area contributed by atoms with Crippen LogP contribution in [0.5, 0.6) is 5.75 Å². The second kappa shape index (κ2) is 7.56. The molecule has 4 nitrogen and oxygen atoms in total. The van der Waals surface area contributed by atoms with Gasteiger partial charge in [0, 0.05) is 6.04 Å². The zero-order chi connectivity index (χ0) is 18.8. The van der Waals surface area contributed by atoms with Crippen LogP contribution in [0.25, 0.3) is 11.3 Å². The Morgan fingerprint density at radius 2 is 2.04 bits per heavy atom. The first kappa shape index (κ1) is 17.8. The molecule has 2 aromatic carbocycles. The zero-order valence-electron chi connectivity index (χ0n) is 14.9. The van der Waals surface area contributed by atoms with Crippen molar-refractivity contribution >= 4 is 17.5 Å². The summed E-state index contributed by atoms with van der Waals surface area (Å²) in [5.74, 6) is -0.0620. The molecule has 0 unspecified atom stereocenters. The number of halogens is 1. The molecule has 0 aliphatic heterocycles. The van der Waals surface area contributed by atoms with Crippen LogP contribution >= 0.6 is 11.8 Å². The van der Waals surface area contributed by atoms with Gasteiger partial charge in [-0.1, -0.05) is 42.1 Å². The lowest BCUT2D eigenvalue weighted by atomic mass is 10.1. The van der Waals surface area contributed by atoms with E-state index in [1.807, 2.05) is 24.4 Å². The molecule has 3 aromatic rings. The lowest BCUT2D eigenvalue weighted by Gasteiger charge is -2.11. The van der Waals surface area contributed by atoms with Gasteiger partial charge in [-0.15, -0.1) is 0 Å². The predicted octanol–water partition coefficient (Wildman–Crippen LogP) is 5.01. The van der Waals surface area contributed by atoms with E-state index in [1.54, 1.807) is 0 Å². The Labute approximate surface area is 161 Å². The monoisotopic (exact) mass is 382 g/mol. The molecule has 1 aliphatic rings. The van der Waals surface area contributed by atoms with Crippen molar-refractivity contribution in [2.45, 2.75) is 24.0 Å². The van der Waals surface area contributed by atoms with Crippen molar-refractivity contribution in [1.29, 1.82) is 0 Å². The van der Waals surface area contributed by atoms with E-state index in [1.165, 1.54) is 37.1 Å². The molecular formula is C21H19FN2O2S. The van der Waals surface area contributed by atoms with E-state index in [4.69, 9.17) is 4.74 Å². The molecule has 6 heteroatoms. The summed E-state index contributed by atoms with van der Waals surface area (Å²) in [6.45, 7) is 0. The van der Waals surface area contributed by atoms with E-state index < -0.39 is 5.82 Å². The summed E-state index contributed by atoms with van der Waals surface area (Å²) in [5, 5.41) is 0.820. The Morgan fingerprint density at radius 3 is 2.74 bits per heavy atom. The first-order chi connectivity index (χ1) is 13.2. The van der Waals surface area contributed by atoms with Gasteiger partial charge in [-0.3, -0.25) is 4.79 Å². The van der Waals surface area contributed by atoms with Gasteiger partial charge in [-0.05, 0) is 36.6 Å². The summed E-state index contributed by atoms with van der Waals surface area (Å²) in [7, 11) is 1.48. The number of benzene rings is 2. The van der Waals surface area contributed by atoms with Gasteiger partial charge in [-0.25, -0.2) is 9.37 Å². The predicted molar refractivity (Wildman–Crippen MR) is 104 cm³/mol. The van der Waals surface area contributed by atoms with Crippen LogP contribution in [0.3, 0.4) is 0 Å². The zero-order valence-corrected chi connectivity index (χ0v) is 15.7. The van der Waals surface area contributed by atoms with Crippen LogP contribution in [0, 0.1) is 5.82 Å². The summed E-state index contributed by atoms with van der Waals surface area (Å²) in [6, 6.07) is 14.6. The number of carbonyl (C=O) groups is 1. The molecule has 1 aromatic heterocycles. The van der Waals surface area contributed by atoms with Gasteiger partial charge in [0.1, 0.15) is 11.6 Å². The SMILES string of the molecule is COc1ccc(F)cc1C(=O)CSc1ncc(-c2ccccc2)n1C1CC1. The minimum Gasteiger partial charge on any atom is -0.496 e. The summed E-state index contributed by atoms with van der Waals surface area (Å²) in [5.41, 5.74) is 2.44. The molecule has 0 N–H and O–H groups in total. The molecule has 0 bridgehead atoms. The van der Waals surface area contributed by atoms with E-state index in [0.29, 0.717) is 11.8 Å². The van der Waals surface area contributed by atoms with Gasteiger partial charge in [-0.2, -0.15) is 0 Å². The number of Topliss-reactive ketones (excluding diaryl/α,β-unsaturated/α-hetero) is 1. The first-order valence-corrected chi connectivity index (χ1v) is 9.78. The van der Waals surface area contributed by atoms with Crippen molar-refractivity contribution < 1.29 is 13.9 Å². The minimum absolute atomic E-state index is 0.178. The van der Waals surface area contributed by atoms with Crippen LogP contribution in [0.4, 0.5) is 4.39 Å². The van der Waals surface area contributed by atoms with Crippen molar-refractivity contribution in [1.82, 2.24) is 9.55 Å². The molecule has 0 radical (unpaired) electrons. The maximum absolute atomic E-state index is 13.5. The number of methoxy groups -OCH3 is 1. The van der Waals surface area contributed by atoms with Crippen molar-refractivity contribution in [3.05, 3.63) is 66.1 Å². The topological polar surface area (TPSA) is 44.1 Å². The van der Waals surface area contributed by atoms with Crippen molar-refractivity contribution in [3.8, 4) is 17.0 Å². The highest BCUT2D eigenvalue weighted by Crippen LogP contribution is 2.42. The Kier molecular flexibility index (Phi) is 4.99. The normalized spacial score (nSPS) is 13.6. The summed E-state index contributed by atoms with van der Waals surface area (Å²) < 4.78 is 21.0. The van der Waals surface area contributed by atoms with E-state index in [2.05, 4.69) is 21.7 Å². The van der Waals surface area contributed by atoms with Crippen LogP contribution in [0.1, 0.15) is 29.2 Å². The molecule has 1 heterocycles. The molecule has 1 aliphatic carbocycles. The number of aromatic nitrogens is 2. The molecule has 1 fully saturated rings. The number of hydrogen-bond donors (Lipinski definition) is 0. The number of ketones is 1. The lowest BCUT2D eigenvalue weighted by Crippen LogP contribution is -2.07. The number of thioether (sulfide) groups is 1. The Hall–Kier alpha value is -2.60. The number of hydrogen-bond acceptors (Lipinski definition) is 4. The van der Waals surface area contributed by atoms with E-state index in [9.17, 15) is 9.18 Å². The molecule has 138 valence electrons. The number of rotatable bonds is 7. The van der Waals surface area contributed by atoms with Crippen molar-refractivity contribution in [3.63, 3.8) is 0 Å². The minimum atomic E-state index is -0.449. The van der Waals surface area contributed by atoms with Gasteiger partial charge >= 0.3 is 0 Å². The highest BCUT2D eigenvalue weighted by atomic mass is 32.2. The fourth-order valence-electron chi connectivity index (χ4n) is 3.06. The van der Waals surface area contributed by atoms with Gasteiger partial charge in [0.2, 0.25) is 0 Å². The summed E-state index contributed by atoms with van der Waals surface area (Å²) in [4.78, 5) is 17.2. The molecule has 4 rings (SSSR count). The second-order valence-electron chi connectivity index (χ2n) is 6.45. The van der Waals surface area contributed by atoms with Crippen LogP contribution in [-0.2, 0) is 0 Å². The van der Waals surface area contributed by atoms with Crippen molar-refractivity contribution in [2.24, 2.45) is 0 Å². The quantitative estimate of drug-likeness (QED) is 0.426. The van der Waals surface area contributed by atoms with Crippen molar-refractivity contribution in [2.75, 3.05) is 12.9 Å².